The minimum absolute atomic E-state index is 0.340. The molecule has 0 saturated heterocycles. The molecule has 0 spiro atoms. The fourth-order valence-corrected chi connectivity index (χ4v) is 2.35. The van der Waals surface area contributed by atoms with Gasteiger partial charge in [-0.25, -0.2) is 9.48 Å². The number of carbonyl (C=O) groups is 1. The van der Waals surface area contributed by atoms with Crippen LogP contribution in [0.1, 0.15) is 13.0 Å². The predicted octanol–water partition coefficient (Wildman–Crippen LogP) is 2.90. The zero-order valence-corrected chi connectivity index (χ0v) is 12.2. The third-order valence-electron chi connectivity index (χ3n) is 1.67. The highest BCUT2D eigenvalue weighted by Crippen LogP contribution is 2.32. The van der Waals surface area contributed by atoms with Crippen molar-refractivity contribution in [1.82, 2.24) is 9.78 Å². The van der Waals surface area contributed by atoms with Crippen LogP contribution in [0.3, 0.4) is 0 Å². The van der Waals surface area contributed by atoms with Gasteiger partial charge in [0.15, 0.2) is 0 Å². The first-order valence-electron chi connectivity index (χ1n) is 3.65. The smallest absolute Gasteiger partial charge is 0.330 e. The molecule has 0 aromatic carbocycles. The van der Waals surface area contributed by atoms with Gasteiger partial charge >= 0.3 is 5.97 Å². The van der Waals surface area contributed by atoms with Gasteiger partial charge in [0.05, 0.1) is 11.6 Å². The van der Waals surface area contributed by atoms with Gasteiger partial charge in [-0.1, -0.05) is 0 Å². The van der Waals surface area contributed by atoms with E-state index in [1.54, 1.807) is 6.92 Å². The highest BCUT2D eigenvalue weighted by molar-refractivity contribution is 9.14. The first-order valence-corrected chi connectivity index (χ1v) is 6.03. The highest BCUT2D eigenvalue weighted by Gasteiger charge is 2.21. The Bertz CT molecular complexity index is 364. The molecule has 78 valence electrons. The Hall–Kier alpha value is 0.120. The largest absolute Gasteiger partial charge is 0.467 e. The Kier molecular flexibility index (Phi) is 4.15. The van der Waals surface area contributed by atoms with Crippen LogP contribution in [0.2, 0.25) is 0 Å². The number of halogens is 3. The lowest BCUT2D eigenvalue weighted by Gasteiger charge is -2.10. The second-order valence-electron chi connectivity index (χ2n) is 2.54. The number of ether oxygens (including phenoxy) is 1. The van der Waals surface area contributed by atoms with E-state index in [-0.39, 0.29) is 5.97 Å². The molecule has 0 N–H and O–H groups in total. The van der Waals surface area contributed by atoms with Crippen molar-refractivity contribution in [3.05, 3.63) is 13.7 Å². The molecular weight excluding hydrogens is 384 g/mol. The zero-order chi connectivity index (χ0) is 10.9. The molecule has 1 heterocycles. The Morgan fingerprint density at radius 1 is 1.50 bits per heavy atom. The molecule has 7 heteroatoms. The van der Waals surface area contributed by atoms with Crippen LogP contribution in [0, 0.1) is 0 Å². The quantitative estimate of drug-likeness (QED) is 0.729. The summed E-state index contributed by atoms with van der Waals surface area (Å²) in [6.07, 6.45) is 0. The van der Waals surface area contributed by atoms with E-state index in [1.165, 1.54) is 11.8 Å². The van der Waals surface area contributed by atoms with Gasteiger partial charge in [0.1, 0.15) is 15.2 Å². The molecule has 0 aliphatic carbocycles. The molecule has 0 aliphatic rings. The van der Waals surface area contributed by atoms with Crippen molar-refractivity contribution in [3.8, 4) is 0 Å². The molecular formula is C7H7Br3N2O2. The van der Waals surface area contributed by atoms with Crippen LogP contribution >= 0.6 is 47.8 Å². The summed E-state index contributed by atoms with van der Waals surface area (Å²) in [6, 6.07) is -0.461. The maximum absolute atomic E-state index is 11.3. The van der Waals surface area contributed by atoms with E-state index < -0.39 is 6.04 Å². The van der Waals surface area contributed by atoms with Gasteiger partial charge in [-0.2, -0.15) is 5.10 Å². The second kappa shape index (κ2) is 4.76. The summed E-state index contributed by atoms with van der Waals surface area (Å²) >= 11 is 9.87. The van der Waals surface area contributed by atoms with Crippen LogP contribution in [0.4, 0.5) is 0 Å². The molecule has 1 aromatic rings. The van der Waals surface area contributed by atoms with Crippen LogP contribution in [0.15, 0.2) is 13.7 Å². The Morgan fingerprint density at radius 2 is 2.07 bits per heavy atom. The van der Waals surface area contributed by atoms with E-state index in [4.69, 9.17) is 0 Å². The van der Waals surface area contributed by atoms with E-state index in [0.29, 0.717) is 9.21 Å². The predicted molar refractivity (Wildman–Crippen MR) is 62.1 cm³/mol. The van der Waals surface area contributed by atoms with Crippen molar-refractivity contribution in [1.29, 1.82) is 0 Å². The summed E-state index contributed by atoms with van der Waals surface area (Å²) in [5, 5.41) is 4.12. The number of methoxy groups -OCH3 is 1. The van der Waals surface area contributed by atoms with E-state index in [0.717, 1.165) is 4.47 Å². The lowest BCUT2D eigenvalue weighted by Crippen LogP contribution is -2.19. The number of nitrogens with zero attached hydrogens (tertiary/aromatic N) is 2. The number of carbonyl (C=O) groups excluding carboxylic acids is 1. The van der Waals surface area contributed by atoms with Gasteiger partial charge in [0, 0.05) is 0 Å². The van der Waals surface area contributed by atoms with Gasteiger partial charge in [0.2, 0.25) is 0 Å². The SMILES string of the molecule is COC(=O)C(C)n1nc(Br)c(Br)c1Br. The molecule has 14 heavy (non-hydrogen) atoms. The molecule has 1 rings (SSSR count). The topological polar surface area (TPSA) is 44.1 Å². The molecule has 0 fully saturated rings. The van der Waals surface area contributed by atoms with E-state index in [9.17, 15) is 4.79 Å². The molecule has 0 radical (unpaired) electrons. The fourth-order valence-electron chi connectivity index (χ4n) is 0.895. The second-order valence-corrected chi connectivity index (χ2v) is 4.83. The third kappa shape index (κ3) is 2.20. The maximum atomic E-state index is 11.3. The van der Waals surface area contributed by atoms with Crippen LogP contribution in [0.25, 0.3) is 0 Å². The van der Waals surface area contributed by atoms with Gasteiger partial charge in [-0.15, -0.1) is 0 Å². The average molecular weight is 391 g/mol. The van der Waals surface area contributed by atoms with Crippen molar-refractivity contribution in [3.63, 3.8) is 0 Å². The van der Waals surface area contributed by atoms with Gasteiger partial charge in [-0.3, -0.25) is 0 Å². The minimum atomic E-state index is -0.461. The summed E-state index contributed by atoms with van der Waals surface area (Å²) in [6.45, 7) is 1.71. The van der Waals surface area contributed by atoms with Gasteiger partial charge in [-0.05, 0) is 54.7 Å². The number of hydrogen-bond donors (Lipinski definition) is 0. The van der Waals surface area contributed by atoms with Gasteiger partial charge in [0.25, 0.3) is 0 Å². The molecule has 0 bridgehead atoms. The van der Waals surface area contributed by atoms with E-state index >= 15 is 0 Å². The van der Waals surface area contributed by atoms with Crippen molar-refractivity contribution in [2.75, 3.05) is 7.11 Å². The van der Waals surface area contributed by atoms with Crippen molar-refractivity contribution < 1.29 is 9.53 Å². The molecule has 0 amide bonds. The third-order valence-corrected chi connectivity index (χ3v) is 4.80. The summed E-state index contributed by atoms with van der Waals surface area (Å²) in [5.41, 5.74) is 0. The average Bonchev–Trinajstić information content (AvgIpc) is 2.43. The summed E-state index contributed by atoms with van der Waals surface area (Å²) in [4.78, 5) is 11.3. The van der Waals surface area contributed by atoms with Crippen LogP contribution in [-0.2, 0) is 9.53 Å². The van der Waals surface area contributed by atoms with Crippen molar-refractivity contribution >= 4 is 53.8 Å². The van der Waals surface area contributed by atoms with E-state index in [1.807, 2.05) is 0 Å². The molecule has 4 nitrogen and oxygen atoms in total. The Labute approximate surface area is 106 Å². The fraction of sp³-hybridized carbons (Fsp3) is 0.429. The number of hydrogen-bond acceptors (Lipinski definition) is 3. The Balaban J connectivity index is 3.07. The molecule has 1 atom stereocenters. The van der Waals surface area contributed by atoms with Crippen molar-refractivity contribution in [2.24, 2.45) is 0 Å². The standard InChI is InChI=1S/C7H7Br3N2O2/c1-3(7(13)14-2)12-6(10)4(8)5(9)11-12/h3H,1-2H3. The first-order chi connectivity index (χ1) is 6.49. The number of rotatable bonds is 2. The number of aromatic nitrogens is 2. The minimum Gasteiger partial charge on any atom is -0.467 e. The first kappa shape index (κ1) is 12.2. The van der Waals surface area contributed by atoms with Crippen LogP contribution in [-0.4, -0.2) is 22.9 Å². The molecule has 1 aromatic heterocycles. The maximum Gasteiger partial charge on any atom is 0.330 e. The summed E-state index contributed by atoms with van der Waals surface area (Å²) < 4.78 is 8.25. The van der Waals surface area contributed by atoms with Crippen LogP contribution in [0.5, 0.6) is 0 Å². The normalized spacial score (nSPS) is 12.6. The monoisotopic (exact) mass is 388 g/mol. The zero-order valence-electron chi connectivity index (χ0n) is 7.42. The number of esters is 1. The lowest BCUT2D eigenvalue weighted by molar-refractivity contribution is -0.144. The molecule has 0 saturated carbocycles. The highest BCUT2D eigenvalue weighted by atomic mass is 79.9. The van der Waals surface area contributed by atoms with Crippen molar-refractivity contribution in [2.45, 2.75) is 13.0 Å². The summed E-state index contributed by atoms with van der Waals surface area (Å²) in [7, 11) is 1.35. The molecule has 0 aliphatic heterocycles. The lowest BCUT2D eigenvalue weighted by atomic mass is 10.3. The molecule has 1 unspecified atom stereocenters. The van der Waals surface area contributed by atoms with Crippen LogP contribution < -0.4 is 0 Å². The Morgan fingerprint density at radius 3 is 2.43 bits per heavy atom. The van der Waals surface area contributed by atoms with E-state index in [2.05, 4.69) is 57.6 Å². The van der Waals surface area contributed by atoms with Gasteiger partial charge < -0.3 is 4.74 Å². The summed E-state index contributed by atoms with van der Waals surface area (Å²) in [5.74, 6) is -0.340.